The molecule has 1 atom stereocenters. The number of amides is 2. The van der Waals surface area contributed by atoms with Crippen LogP contribution in [-0.2, 0) is 39.4 Å². The molecule has 0 radical (unpaired) electrons. The molecule has 2 aromatic carbocycles. The van der Waals surface area contributed by atoms with Gasteiger partial charge in [-0.3, -0.25) is 19.3 Å². The number of ether oxygens (including phenoxy) is 2. The first-order valence-corrected chi connectivity index (χ1v) is 16.0. The largest absolute Gasteiger partial charge is 0.507 e. The lowest BCUT2D eigenvalue weighted by atomic mass is 9.82. The molecule has 0 saturated carbocycles. The van der Waals surface area contributed by atoms with Crippen molar-refractivity contribution in [3.63, 3.8) is 0 Å². The summed E-state index contributed by atoms with van der Waals surface area (Å²) in [6.07, 6.45) is 1.56. The van der Waals surface area contributed by atoms with E-state index in [1.165, 1.54) is 38.4 Å². The van der Waals surface area contributed by atoms with Gasteiger partial charge in [0.1, 0.15) is 5.76 Å². The van der Waals surface area contributed by atoms with Gasteiger partial charge in [-0.05, 0) is 30.3 Å². The zero-order chi connectivity index (χ0) is 31.1. The Bertz CT molecular complexity index is 1630. The SMILES string of the molecule is C=CCN1C(=O)C2(/C(=C(/O)c3ccc(S(=O)(=O)N4CCOCC4)cc3)C(=O)C(=O)N2CCN2CCOCC2)c2ccccc21. The van der Waals surface area contributed by atoms with Gasteiger partial charge in [-0.15, -0.1) is 6.58 Å². The van der Waals surface area contributed by atoms with E-state index < -0.39 is 38.9 Å². The number of sulfonamides is 1. The van der Waals surface area contributed by atoms with Crippen molar-refractivity contribution >= 4 is 39.1 Å². The summed E-state index contributed by atoms with van der Waals surface area (Å²) >= 11 is 0. The molecule has 2 amide bonds. The lowest BCUT2D eigenvalue weighted by Crippen LogP contribution is -2.54. The molecule has 4 aliphatic heterocycles. The summed E-state index contributed by atoms with van der Waals surface area (Å²) in [5, 5.41) is 11.8. The Labute approximate surface area is 255 Å². The molecule has 1 spiro atoms. The van der Waals surface area contributed by atoms with E-state index in [2.05, 4.69) is 11.5 Å². The zero-order valence-corrected chi connectivity index (χ0v) is 25.0. The number of para-hydroxylation sites is 1. The van der Waals surface area contributed by atoms with Gasteiger partial charge < -0.3 is 24.4 Å². The van der Waals surface area contributed by atoms with E-state index in [0.717, 1.165) is 0 Å². The fourth-order valence-corrected chi connectivity index (χ4v) is 7.82. The van der Waals surface area contributed by atoms with Gasteiger partial charge in [-0.2, -0.15) is 4.31 Å². The molecule has 12 nitrogen and oxygen atoms in total. The minimum Gasteiger partial charge on any atom is -0.507 e. The number of hydrogen-bond donors (Lipinski definition) is 1. The molecule has 2 aromatic rings. The molecule has 4 heterocycles. The van der Waals surface area contributed by atoms with E-state index in [0.29, 0.717) is 57.3 Å². The fraction of sp³-hybridized carbons (Fsp3) is 0.387. The molecule has 0 aromatic heterocycles. The summed E-state index contributed by atoms with van der Waals surface area (Å²) in [5.74, 6) is -2.99. The standard InChI is InChI=1S/C31H34N4O8S/c1-2-11-34-25-6-4-3-5-24(25)31(30(34)39)26(28(37)29(38)35(31)13-12-32-14-18-42-19-15-32)27(36)22-7-9-23(10-8-22)44(40,41)33-16-20-43-21-17-33/h2-10,36H,1,11-21H2/b27-26+. The van der Waals surface area contributed by atoms with E-state index in [1.807, 2.05) is 0 Å². The third-order valence-corrected chi connectivity index (χ3v) is 10.5. The van der Waals surface area contributed by atoms with Crippen LogP contribution >= 0.6 is 0 Å². The second-order valence-electron chi connectivity index (χ2n) is 10.9. The summed E-state index contributed by atoms with van der Waals surface area (Å²) in [6.45, 7) is 7.75. The maximum atomic E-state index is 14.5. The van der Waals surface area contributed by atoms with Crippen LogP contribution < -0.4 is 4.90 Å². The first-order valence-electron chi connectivity index (χ1n) is 14.5. The maximum Gasteiger partial charge on any atom is 0.296 e. The quantitative estimate of drug-likeness (QED) is 0.199. The maximum absolute atomic E-state index is 14.5. The highest BCUT2D eigenvalue weighted by atomic mass is 32.2. The van der Waals surface area contributed by atoms with Crippen molar-refractivity contribution in [3.8, 4) is 0 Å². The van der Waals surface area contributed by atoms with Crippen LogP contribution in [0.2, 0.25) is 0 Å². The predicted octanol–water partition coefficient (Wildman–Crippen LogP) is 1.15. The van der Waals surface area contributed by atoms with E-state index >= 15 is 0 Å². The number of aliphatic hydroxyl groups excluding tert-OH is 1. The van der Waals surface area contributed by atoms with Crippen LogP contribution in [0.5, 0.6) is 0 Å². The number of morpholine rings is 2. The van der Waals surface area contributed by atoms with Crippen molar-refractivity contribution in [1.29, 1.82) is 0 Å². The number of hydrogen-bond acceptors (Lipinski definition) is 9. The molecule has 1 unspecified atom stereocenters. The van der Waals surface area contributed by atoms with Gasteiger partial charge in [0.05, 0.1) is 42.6 Å². The van der Waals surface area contributed by atoms with E-state index in [9.17, 15) is 27.9 Å². The van der Waals surface area contributed by atoms with Crippen molar-refractivity contribution < 1.29 is 37.4 Å². The normalized spacial score (nSPS) is 24.3. The molecule has 3 fully saturated rings. The van der Waals surface area contributed by atoms with Crippen LogP contribution in [0, 0.1) is 0 Å². The van der Waals surface area contributed by atoms with E-state index in [4.69, 9.17) is 9.47 Å². The predicted molar refractivity (Wildman–Crippen MR) is 160 cm³/mol. The first kappa shape index (κ1) is 30.2. The smallest absolute Gasteiger partial charge is 0.296 e. The highest BCUT2D eigenvalue weighted by molar-refractivity contribution is 7.89. The van der Waals surface area contributed by atoms with E-state index in [-0.39, 0.29) is 42.2 Å². The number of anilines is 1. The van der Waals surface area contributed by atoms with Gasteiger partial charge in [0.25, 0.3) is 17.6 Å². The summed E-state index contributed by atoms with van der Waals surface area (Å²) in [4.78, 5) is 46.9. The molecule has 0 bridgehead atoms. The third kappa shape index (κ3) is 4.75. The van der Waals surface area contributed by atoms with E-state index in [1.54, 1.807) is 30.3 Å². The number of likely N-dealkylation sites (tertiary alicyclic amines) is 1. The third-order valence-electron chi connectivity index (χ3n) is 8.60. The lowest BCUT2D eigenvalue weighted by molar-refractivity contribution is -0.144. The Hall–Kier alpha value is -3.88. The number of fused-ring (bicyclic) bond motifs is 2. The van der Waals surface area contributed by atoms with Crippen LogP contribution in [-0.4, -0.2) is 117 Å². The average molecular weight is 623 g/mol. The van der Waals surface area contributed by atoms with Gasteiger partial charge >= 0.3 is 0 Å². The van der Waals surface area contributed by atoms with Gasteiger partial charge in [0, 0.05) is 56.9 Å². The number of nitrogens with zero attached hydrogens (tertiary/aromatic N) is 4. The number of Topliss-reactive ketones (excluding diaryl/α,β-unsaturated/α-hetero) is 1. The topological polar surface area (TPSA) is 137 Å². The highest BCUT2D eigenvalue weighted by Crippen LogP contribution is 2.53. The Balaban J connectivity index is 1.46. The molecule has 44 heavy (non-hydrogen) atoms. The zero-order valence-electron chi connectivity index (χ0n) is 24.2. The highest BCUT2D eigenvalue weighted by Gasteiger charge is 2.67. The molecule has 3 saturated heterocycles. The van der Waals surface area contributed by atoms with Crippen molar-refractivity contribution in [3.05, 3.63) is 77.9 Å². The van der Waals surface area contributed by atoms with Crippen molar-refractivity contribution in [1.82, 2.24) is 14.1 Å². The van der Waals surface area contributed by atoms with Gasteiger partial charge in [-0.1, -0.05) is 24.3 Å². The Morgan fingerprint density at radius 3 is 2.20 bits per heavy atom. The van der Waals surface area contributed by atoms with Crippen molar-refractivity contribution in [2.45, 2.75) is 10.4 Å². The number of carbonyl (C=O) groups excluding carboxylic acids is 3. The second kappa shape index (κ2) is 11.9. The molecular formula is C31H34N4O8S. The Morgan fingerprint density at radius 2 is 1.55 bits per heavy atom. The van der Waals surface area contributed by atoms with Crippen LogP contribution in [0.15, 0.2) is 71.7 Å². The minimum atomic E-state index is -3.81. The number of carbonyl (C=O) groups is 3. The lowest BCUT2D eigenvalue weighted by Gasteiger charge is -2.36. The molecule has 6 rings (SSSR count). The summed E-state index contributed by atoms with van der Waals surface area (Å²) in [6, 6.07) is 12.3. The van der Waals surface area contributed by atoms with Crippen molar-refractivity contribution in [2.24, 2.45) is 0 Å². The first-order chi connectivity index (χ1) is 21.2. The summed E-state index contributed by atoms with van der Waals surface area (Å²) in [7, 11) is -3.81. The molecule has 232 valence electrons. The Kier molecular flexibility index (Phi) is 8.16. The van der Waals surface area contributed by atoms with Crippen LogP contribution in [0.3, 0.4) is 0 Å². The number of benzene rings is 2. The molecule has 4 aliphatic rings. The van der Waals surface area contributed by atoms with Gasteiger partial charge in [0.2, 0.25) is 10.0 Å². The molecular weight excluding hydrogens is 588 g/mol. The molecule has 13 heteroatoms. The summed E-state index contributed by atoms with van der Waals surface area (Å²) < 4.78 is 38.4. The van der Waals surface area contributed by atoms with Gasteiger partial charge in [-0.25, -0.2) is 8.42 Å². The molecule has 1 N–H and O–H groups in total. The monoisotopic (exact) mass is 622 g/mol. The average Bonchev–Trinajstić information content (AvgIpc) is 3.43. The Morgan fingerprint density at radius 1 is 0.909 bits per heavy atom. The van der Waals surface area contributed by atoms with Crippen LogP contribution in [0.4, 0.5) is 5.69 Å². The second-order valence-corrected chi connectivity index (χ2v) is 12.9. The van der Waals surface area contributed by atoms with Crippen LogP contribution in [0.1, 0.15) is 11.1 Å². The van der Waals surface area contributed by atoms with Crippen LogP contribution in [0.25, 0.3) is 5.76 Å². The molecule has 0 aliphatic carbocycles. The van der Waals surface area contributed by atoms with Crippen molar-refractivity contribution in [2.75, 3.05) is 77.1 Å². The fourth-order valence-electron chi connectivity index (χ4n) is 6.41. The van der Waals surface area contributed by atoms with Gasteiger partial charge in [0.15, 0.2) is 5.54 Å². The summed E-state index contributed by atoms with van der Waals surface area (Å²) in [5.41, 5.74) is -1.25. The minimum absolute atomic E-state index is 0.0103. The number of rotatable bonds is 8. The number of ketones is 1. The number of aliphatic hydroxyl groups is 1.